The Morgan fingerprint density at radius 2 is 2.50 bits per heavy atom. The largest absolute Gasteiger partial charge is 0.476 e. The zero-order valence-corrected chi connectivity index (χ0v) is 6.56. The highest BCUT2D eigenvalue weighted by molar-refractivity contribution is 5.85. The zero-order valence-electron chi connectivity index (χ0n) is 6.56. The summed E-state index contributed by atoms with van der Waals surface area (Å²) >= 11 is 0. The van der Waals surface area contributed by atoms with E-state index in [1.165, 1.54) is 10.8 Å². The van der Waals surface area contributed by atoms with Crippen molar-refractivity contribution in [2.45, 2.75) is 6.92 Å². The normalized spacial score (nSPS) is 10.8. The van der Waals surface area contributed by atoms with Gasteiger partial charge in [0.1, 0.15) is 0 Å². The minimum Gasteiger partial charge on any atom is -0.476 e. The third-order valence-electron chi connectivity index (χ3n) is 1.29. The molecule has 0 aliphatic rings. The molecule has 12 heavy (non-hydrogen) atoms. The number of aromatic carboxylic acids is 1. The summed E-state index contributed by atoms with van der Waals surface area (Å²) in [5.74, 6) is -0.907. The van der Waals surface area contributed by atoms with Gasteiger partial charge in [0, 0.05) is 12.4 Å². The lowest BCUT2D eigenvalue weighted by Gasteiger charge is -1.91. The fraction of sp³-hybridized carbons (Fsp3) is 0.143. The molecule has 3 N–H and O–H groups in total. The van der Waals surface area contributed by atoms with Gasteiger partial charge in [-0.3, -0.25) is 4.57 Å². The van der Waals surface area contributed by atoms with Gasteiger partial charge in [0.05, 0.1) is 0 Å². The summed E-state index contributed by atoms with van der Waals surface area (Å²) in [6.07, 6.45) is 4.73. The van der Waals surface area contributed by atoms with E-state index in [1.54, 1.807) is 19.2 Å². The number of anilines is 1. The van der Waals surface area contributed by atoms with Crippen LogP contribution in [0.25, 0.3) is 6.20 Å². The molecule has 0 saturated carbocycles. The van der Waals surface area contributed by atoms with Crippen molar-refractivity contribution in [3.05, 3.63) is 18.0 Å². The van der Waals surface area contributed by atoms with E-state index in [2.05, 4.69) is 4.98 Å². The quantitative estimate of drug-likeness (QED) is 0.677. The molecule has 0 fully saturated rings. The van der Waals surface area contributed by atoms with E-state index in [-0.39, 0.29) is 11.6 Å². The van der Waals surface area contributed by atoms with E-state index < -0.39 is 5.97 Å². The van der Waals surface area contributed by atoms with Crippen LogP contribution in [-0.2, 0) is 0 Å². The van der Waals surface area contributed by atoms with Gasteiger partial charge in [-0.25, -0.2) is 9.78 Å². The summed E-state index contributed by atoms with van der Waals surface area (Å²) in [5.41, 5.74) is 5.35. The van der Waals surface area contributed by atoms with Crippen molar-refractivity contribution in [2.75, 3.05) is 5.73 Å². The molecule has 5 nitrogen and oxygen atoms in total. The first-order valence-electron chi connectivity index (χ1n) is 3.35. The summed E-state index contributed by atoms with van der Waals surface area (Å²) in [7, 11) is 0. The maximum atomic E-state index is 10.4. The van der Waals surface area contributed by atoms with Crippen LogP contribution in [0.3, 0.4) is 0 Å². The highest BCUT2D eigenvalue weighted by atomic mass is 16.4. The topological polar surface area (TPSA) is 81.1 Å². The molecule has 1 aromatic rings. The first-order chi connectivity index (χ1) is 5.65. The highest BCUT2D eigenvalue weighted by Crippen LogP contribution is 2.05. The summed E-state index contributed by atoms with van der Waals surface area (Å²) in [4.78, 5) is 14.0. The van der Waals surface area contributed by atoms with Gasteiger partial charge in [-0.2, -0.15) is 0 Å². The molecule has 0 amide bonds. The number of nitrogens with zero attached hydrogens (tertiary/aromatic N) is 2. The number of nitrogen functional groups attached to an aromatic ring is 1. The Morgan fingerprint density at radius 3 is 2.92 bits per heavy atom. The molecule has 0 saturated heterocycles. The molecule has 0 aliphatic heterocycles. The minimum atomic E-state index is -1.08. The van der Waals surface area contributed by atoms with Crippen molar-refractivity contribution >= 4 is 18.1 Å². The Morgan fingerprint density at radius 1 is 1.83 bits per heavy atom. The monoisotopic (exact) mass is 167 g/mol. The molecule has 1 rings (SSSR count). The first-order valence-corrected chi connectivity index (χ1v) is 3.35. The average Bonchev–Trinajstić information content (AvgIpc) is 2.34. The number of carboxylic acids is 1. The third-order valence-corrected chi connectivity index (χ3v) is 1.29. The van der Waals surface area contributed by atoms with Gasteiger partial charge in [0.15, 0.2) is 5.69 Å². The van der Waals surface area contributed by atoms with E-state index in [1.807, 2.05) is 0 Å². The van der Waals surface area contributed by atoms with Crippen molar-refractivity contribution in [1.29, 1.82) is 0 Å². The van der Waals surface area contributed by atoms with Crippen LogP contribution in [0.4, 0.5) is 5.95 Å². The zero-order chi connectivity index (χ0) is 9.14. The fourth-order valence-corrected chi connectivity index (χ4v) is 0.791. The van der Waals surface area contributed by atoms with Crippen molar-refractivity contribution in [2.24, 2.45) is 0 Å². The second kappa shape index (κ2) is 3.08. The lowest BCUT2D eigenvalue weighted by atomic mass is 10.5. The van der Waals surface area contributed by atoms with Gasteiger partial charge in [0.25, 0.3) is 0 Å². The second-order valence-electron chi connectivity index (χ2n) is 2.18. The predicted octanol–water partition coefficient (Wildman–Crippen LogP) is 0.654. The van der Waals surface area contributed by atoms with E-state index in [0.29, 0.717) is 0 Å². The number of hydrogen-bond acceptors (Lipinski definition) is 3. The molecule has 0 radical (unpaired) electrons. The fourth-order valence-electron chi connectivity index (χ4n) is 0.791. The van der Waals surface area contributed by atoms with E-state index >= 15 is 0 Å². The Bertz CT molecular complexity index is 327. The van der Waals surface area contributed by atoms with Crippen LogP contribution in [-0.4, -0.2) is 20.6 Å². The van der Waals surface area contributed by atoms with Crippen LogP contribution < -0.4 is 5.73 Å². The van der Waals surface area contributed by atoms with Gasteiger partial charge < -0.3 is 10.8 Å². The van der Waals surface area contributed by atoms with Gasteiger partial charge in [-0.15, -0.1) is 0 Å². The summed E-state index contributed by atoms with van der Waals surface area (Å²) in [6, 6.07) is 0. The van der Waals surface area contributed by atoms with Crippen molar-refractivity contribution in [3.8, 4) is 0 Å². The Labute approximate surface area is 69.1 Å². The molecule has 1 aromatic heterocycles. The number of nitrogens with two attached hydrogens (primary N) is 1. The van der Waals surface area contributed by atoms with Crippen molar-refractivity contribution < 1.29 is 9.90 Å². The molecule has 1 heterocycles. The molecular formula is C7H9N3O2. The highest BCUT2D eigenvalue weighted by Gasteiger charge is 2.08. The minimum absolute atomic E-state index is 0.0504. The number of carbonyl (C=O) groups is 1. The molecule has 0 aliphatic carbocycles. The average molecular weight is 167 g/mol. The molecule has 5 heteroatoms. The van der Waals surface area contributed by atoms with Crippen molar-refractivity contribution in [3.63, 3.8) is 0 Å². The Balaban J connectivity index is 3.08. The number of hydrogen-bond donors (Lipinski definition) is 2. The smallest absolute Gasteiger partial charge is 0.356 e. The van der Waals surface area contributed by atoms with Gasteiger partial charge in [-0.05, 0) is 6.92 Å². The van der Waals surface area contributed by atoms with Crippen LogP contribution in [0.2, 0.25) is 0 Å². The molecule has 0 unspecified atom stereocenters. The van der Waals surface area contributed by atoms with Crippen LogP contribution in [0.5, 0.6) is 0 Å². The van der Waals surface area contributed by atoms with Crippen molar-refractivity contribution in [1.82, 2.24) is 9.55 Å². The Hall–Kier alpha value is -1.78. The van der Waals surface area contributed by atoms with Crippen LogP contribution in [0.15, 0.2) is 12.3 Å². The third kappa shape index (κ3) is 1.45. The maximum absolute atomic E-state index is 10.4. The number of rotatable bonds is 2. The molecule has 0 atom stereocenters. The van der Waals surface area contributed by atoms with Crippen LogP contribution in [0.1, 0.15) is 17.4 Å². The van der Waals surface area contributed by atoms with E-state index in [0.717, 1.165) is 0 Å². The predicted molar refractivity (Wildman–Crippen MR) is 44.6 cm³/mol. The second-order valence-corrected chi connectivity index (χ2v) is 2.18. The summed E-state index contributed by atoms with van der Waals surface area (Å²) < 4.78 is 1.45. The number of carboxylic acid groups (broad SMARTS) is 1. The number of imidazole rings is 1. The number of allylic oxidation sites excluding steroid dienone is 1. The van der Waals surface area contributed by atoms with Gasteiger partial charge in [0.2, 0.25) is 5.95 Å². The lowest BCUT2D eigenvalue weighted by Crippen LogP contribution is -1.96. The lowest BCUT2D eigenvalue weighted by molar-refractivity contribution is 0.0691. The van der Waals surface area contributed by atoms with Crippen LogP contribution >= 0.6 is 0 Å². The summed E-state index contributed by atoms with van der Waals surface area (Å²) in [5, 5.41) is 8.54. The maximum Gasteiger partial charge on any atom is 0.356 e. The molecule has 0 spiro atoms. The van der Waals surface area contributed by atoms with Gasteiger partial charge >= 0.3 is 5.97 Å². The Kier molecular flexibility index (Phi) is 2.14. The SMILES string of the molecule is C/C=C\n1cc(C(=O)O)nc1N. The van der Waals surface area contributed by atoms with Crippen LogP contribution in [0, 0.1) is 0 Å². The summed E-state index contributed by atoms with van der Waals surface area (Å²) in [6.45, 7) is 1.81. The molecular weight excluding hydrogens is 158 g/mol. The van der Waals surface area contributed by atoms with E-state index in [9.17, 15) is 4.79 Å². The molecule has 0 bridgehead atoms. The molecule has 64 valence electrons. The number of aromatic nitrogens is 2. The molecule has 0 aromatic carbocycles. The first kappa shape index (κ1) is 8.32. The standard InChI is InChI=1S/C7H9N3O2/c1-2-3-10-4-5(6(11)12)9-7(10)8/h2-4H,1H3,(H2,8,9)(H,11,12)/b3-2-. The van der Waals surface area contributed by atoms with Gasteiger partial charge in [-0.1, -0.05) is 6.08 Å². The van der Waals surface area contributed by atoms with E-state index in [4.69, 9.17) is 10.8 Å².